The molecule has 1 aliphatic heterocycles. The van der Waals surface area contributed by atoms with Crippen LogP contribution in [0.5, 0.6) is 5.75 Å². The lowest BCUT2D eigenvalue weighted by atomic mass is 10.1. The SMILES string of the molecule is O=C(COC(=O)c1ccc(N2CCCCC2)c([N+](=O)[O-])c1)Nc1ccccc1OC(F)F. The normalized spacial score (nSPS) is 13.5. The Balaban J connectivity index is 1.64. The molecule has 3 rings (SSSR count). The maximum atomic E-state index is 12.5. The highest BCUT2D eigenvalue weighted by molar-refractivity contribution is 5.97. The van der Waals surface area contributed by atoms with Crippen molar-refractivity contribution in [3.05, 3.63) is 58.1 Å². The largest absolute Gasteiger partial charge is 0.452 e. The number of alkyl halides is 2. The van der Waals surface area contributed by atoms with Crippen LogP contribution in [-0.4, -0.2) is 43.1 Å². The Morgan fingerprint density at radius 1 is 1.12 bits per heavy atom. The number of ether oxygens (including phenoxy) is 2. The second-order valence-electron chi connectivity index (χ2n) is 7.01. The number of nitrogens with one attached hydrogen (secondary N) is 1. The number of amides is 1. The Morgan fingerprint density at radius 3 is 2.53 bits per heavy atom. The van der Waals surface area contributed by atoms with E-state index >= 15 is 0 Å². The van der Waals surface area contributed by atoms with E-state index in [1.54, 1.807) is 0 Å². The highest BCUT2D eigenvalue weighted by Gasteiger charge is 2.24. The van der Waals surface area contributed by atoms with Crippen LogP contribution >= 0.6 is 0 Å². The first kappa shape index (κ1) is 22.9. The maximum Gasteiger partial charge on any atom is 0.387 e. The molecule has 0 aliphatic carbocycles. The van der Waals surface area contributed by atoms with Crippen molar-refractivity contribution >= 4 is 28.9 Å². The molecular formula is C21H21F2N3O6. The van der Waals surface area contributed by atoms with Crippen molar-refractivity contribution in [3.8, 4) is 5.75 Å². The van der Waals surface area contributed by atoms with Crippen molar-refractivity contribution in [2.75, 3.05) is 29.9 Å². The summed E-state index contributed by atoms with van der Waals surface area (Å²) in [7, 11) is 0. The molecule has 1 N–H and O–H groups in total. The first-order valence-electron chi connectivity index (χ1n) is 9.89. The van der Waals surface area contributed by atoms with E-state index < -0.39 is 30.0 Å². The van der Waals surface area contributed by atoms with E-state index in [1.807, 2.05) is 4.90 Å². The fourth-order valence-electron chi connectivity index (χ4n) is 3.37. The summed E-state index contributed by atoms with van der Waals surface area (Å²) < 4.78 is 34.2. The molecule has 1 heterocycles. The van der Waals surface area contributed by atoms with Gasteiger partial charge in [-0.15, -0.1) is 0 Å². The highest BCUT2D eigenvalue weighted by Crippen LogP contribution is 2.31. The molecule has 11 heteroatoms. The van der Waals surface area contributed by atoms with E-state index in [1.165, 1.54) is 36.4 Å². The average Bonchev–Trinajstić information content (AvgIpc) is 2.78. The van der Waals surface area contributed by atoms with Crippen LogP contribution in [0.2, 0.25) is 0 Å². The van der Waals surface area contributed by atoms with Gasteiger partial charge in [0.25, 0.3) is 11.6 Å². The Kier molecular flexibility index (Phi) is 7.53. The zero-order valence-corrected chi connectivity index (χ0v) is 17.0. The van der Waals surface area contributed by atoms with Gasteiger partial charge in [0, 0.05) is 19.2 Å². The summed E-state index contributed by atoms with van der Waals surface area (Å²) in [4.78, 5) is 37.2. The van der Waals surface area contributed by atoms with Gasteiger partial charge in [0.1, 0.15) is 11.4 Å². The smallest absolute Gasteiger partial charge is 0.387 e. The number of esters is 1. The number of rotatable bonds is 8. The minimum Gasteiger partial charge on any atom is -0.452 e. The quantitative estimate of drug-likeness (QED) is 0.369. The fourth-order valence-corrected chi connectivity index (χ4v) is 3.37. The molecule has 9 nitrogen and oxygen atoms in total. The summed E-state index contributed by atoms with van der Waals surface area (Å²) in [6, 6.07) is 9.57. The van der Waals surface area contributed by atoms with Crippen molar-refractivity contribution in [1.29, 1.82) is 0 Å². The number of hydrogen-bond donors (Lipinski definition) is 1. The summed E-state index contributed by atoms with van der Waals surface area (Å²) in [5.41, 5.74) is 0.116. The number of nitrogens with zero attached hydrogens (tertiary/aromatic N) is 2. The molecule has 170 valence electrons. The molecule has 0 spiro atoms. The molecule has 1 amide bonds. The van der Waals surface area contributed by atoms with E-state index in [2.05, 4.69) is 10.1 Å². The predicted octanol–water partition coefficient (Wildman–Crippen LogP) is 3.98. The van der Waals surface area contributed by atoms with Crippen LogP contribution in [0.25, 0.3) is 0 Å². The van der Waals surface area contributed by atoms with Gasteiger partial charge in [-0.25, -0.2) is 4.79 Å². The van der Waals surface area contributed by atoms with Crippen molar-refractivity contribution in [3.63, 3.8) is 0 Å². The molecule has 1 saturated heterocycles. The van der Waals surface area contributed by atoms with E-state index in [0.29, 0.717) is 18.8 Å². The van der Waals surface area contributed by atoms with Crippen molar-refractivity contribution in [2.45, 2.75) is 25.9 Å². The number of para-hydroxylation sites is 2. The van der Waals surface area contributed by atoms with Gasteiger partial charge >= 0.3 is 12.6 Å². The van der Waals surface area contributed by atoms with Crippen LogP contribution in [0.1, 0.15) is 29.6 Å². The summed E-state index contributed by atoms with van der Waals surface area (Å²) in [6.07, 6.45) is 2.93. The van der Waals surface area contributed by atoms with Gasteiger partial charge < -0.3 is 19.7 Å². The van der Waals surface area contributed by atoms with Crippen LogP contribution < -0.4 is 15.0 Å². The number of hydrogen-bond acceptors (Lipinski definition) is 7. The molecule has 0 unspecified atom stereocenters. The number of carbonyl (C=O) groups is 2. The second-order valence-corrected chi connectivity index (χ2v) is 7.01. The first-order valence-corrected chi connectivity index (χ1v) is 9.89. The zero-order chi connectivity index (χ0) is 23.1. The van der Waals surface area contributed by atoms with Crippen molar-refractivity contribution < 1.29 is 32.8 Å². The van der Waals surface area contributed by atoms with Gasteiger partial charge in [-0.3, -0.25) is 14.9 Å². The molecule has 1 fully saturated rings. The summed E-state index contributed by atoms with van der Waals surface area (Å²) in [5, 5.41) is 13.8. The standard InChI is InChI=1S/C21H21F2N3O6/c22-21(23)32-18-7-3-2-6-15(18)24-19(27)13-31-20(28)14-8-9-16(17(12-14)26(29)30)25-10-4-1-5-11-25/h2-3,6-9,12,21H,1,4-5,10-11,13H2,(H,24,27). The number of nitro benzene ring substituents is 1. The van der Waals surface area contributed by atoms with Gasteiger partial charge in [0.2, 0.25) is 0 Å². The van der Waals surface area contributed by atoms with Gasteiger partial charge in [0.15, 0.2) is 6.61 Å². The maximum absolute atomic E-state index is 12.5. The minimum atomic E-state index is -3.07. The third kappa shape index (κ3) is 5.90. The van der Waals surface area contributed by atoms with Gasteiger partial charge in [-0.2, -0.15) is 8.78 Å². The lowest BCUT2D eigenvalue weighted by molar-refractivity contribution is -0.384. The molecule has 0 bridgehead atoms. The molecule has 1 aliphatic rings. The fraction of sp³-hybridized carbons (Fsp3) is 0.333. The van der Waals surface area contributed by atoms with Crippen LogP contribution in [0, 0.1) is 10.1 Å². The van der Waals surface area contributed by atoms with E-state index in [0.717, 1.165) is 25.3 Å². The Morgan fingerprint density at radius 2 is 1.84 bits per heavy atom. The molecule has 0 saturated carbocycles. The van der Waals surface area contributed by atoms with Crippen LogP contribution in [0.15, 0.2) is 42.5 Å². The van der Waals surface area contributed by atoms with Crippen LogP contribution in [0.3, 0.4) is 0 Å². The van der Waals surface area contributed by atoms with Gasteiger partial charge in [-0.1, -0.05) is 12.1 Å². The number of benzene rings is 2. The third-order valence-electron chi connectivity index (χ3n) is 4.82. The number of piperidine rings is 1. The molecular weight excluding hydrogens is 428 g/mol. The predicted molar refractivity (Wildman–Crippen MR) is 111 cm³/mol. The van der Waals surface area contributed by atoms with E-state index in [4.69, 9.17) is 4.74 Å². The topological polar surface area (TPSA) is 111 Å². The van der Waals surface area contributed by atoms with Crippen molar-refractivity contribution in [2.24, 2.45) is 0 Å². The zero-order valence-electron chi connectivity index (χ0n) is 17.0. The van der Waals surface area contributed by atoms with Crippen LogP contribution in [-0.2, 0) is 9.53 Å². The van der Waals surface area contributed by atoms with Crippen molar-refractivity contribution in [1.82, 2.24) is 0 Å². The minimum absolute atomic E-state index is 0.0182. The van der Waals surface area contributed by atoms with E-state index in [9.17, 15) is 28.5 Å². The number of carbonyl (C=O) groups excluding carboxylic acids is 2. The Bertz CT molecular complexity index is 995. The third-order valence-corrected chi connectivity index (χ3v) is 4.82. The number of anilines is 2. The summed E-state index contributed by atoms with van der Waals surface area (Å²) >= 11 is 0. The summed E-state index contributed by atoms with van der Waals surface area (Å²) in [6.45, 7) is -2.40. The van der Waals surface area contributed by atoms with Gasteiger partial charge in [0.05, 0.1) is 16.2 Å². The Hall–Kier alpha value is -3.76. The lowest BCUT2D eigenvalue weighted by Gasteiger charge is -2.28. The highest BCUT2D eigenvalue weighted by atomic mass is 19.3. The molecule has 0 atom stereocenters. The van der Waals surface area contributed by atoms with Crippen LogP contribution in [0.4, 0.5) is 25.8 Å². The Labute approximate surface area is 182 Å². The monoisotopic (exact) mass is 449 g/mol. The first-order chi connectivity index (χ1) is 15.3. The average molecular weight is 449 g/mol. The van der Waals surface area contributed by atoms with E-state index in [-0.39, 0.29) is 22.7 Å². The lowest BCUT2D eigenvalue weighted by Crippen LogP contribution is -2.30. The second kappa shape index (κ2) is 10.5. The summed E-state index contributed by atoms with van der Waals surface area (Å²) in [5.74, 6) is -1.96. The number of nitro groups is 1. The molecule has 0 radical (unpaired) electrons. The van der Waals surface area contributed by atoms with Gasteiger partial charge in [-0.05, 0) is 43.5 Å². The molecule has 2 aromatic carbocycles. The molecule has 2 aromatic rings. The molecule has 0 aromatic heterocycles. The number of halogens is 2. The molecule has 32 heavy (non-hydrogen) atoms.